The number of hydrogen-bond donors (Lipinski definition) is 2. The van der Waals surface area contributed by atoms with Gasteiger partial charge in [-0.25, -0.2) is 0 Å². The lowest BCUT2D eigenvalue weighted by molar-refractivity contribution is -0.137. The summed E-state index contributed by atoms with van der Waals surface area (Å²) < 4.78 is 37.7. The molecule has 0 aromatic heterocycles. The highest BCUT2D eigenvalue weighted by atomic mass is 19.4. The SMILES string of the molecule is FC(F)(F)c1ccc(NCCCNC23CC4CC(CC(C4)C2)C3)cc1. The van der Waals surface area contributed by atoms with Gasteiger partial charge in [-0.2, -0.15) is 13.2 Å². The molecule has 25 heavy (non-hydrogen) atoms. The molecule has 1 aromatic rings. The number of hydrogen-bond acceptors (Lipinski definition) is 2. The van der Waals surface area contributed by atoms with Crippen LogP contribution in [-0.2, 0) is 6.18 Å². The third-order valence-corrected chi connectivity index (χ3v) is 6.43. The number of halogens is 3. The van der Waals surface area contributed by atoms with Crippen molar-refractivity contribution in [2.24, 2.45) is 17.8 Å². The topological polar surface area (TPSA) is 24.1 Å². The van der Waals surface area contributed by atoms with E-state index in [4.69, 9.17) is 0 Å². The Morgan fingerprint density at radius 1 is 0.880 bits per heavy atom. The van der Waals surface area contributed by atoms with Gasteiger partial charge in [0.25, 0.3) is 0 Å². The van der Waals surface area contributed by atoms with Gasteiger partial charge in [-0.3, -0.25) is 0 Å². The normalized spacial score (nSPS) is 33.6. The standard InChI is InChI=1S/C20H27F3N2/c21-20(22,23)17-2-4-18(5-3-17)24-6-1-7-25-19-11-14-8-15(12-19)10-16(9-14)13-19/h2-5,14-16,24-25H,1,6-13H2. The quantitative estimate of drug-likeness (QED) is 0.699. The van der Waals surface area contributed by atoms with Crippen molar-refractivity contribution >= 4 is 5.69 Å². The first-order valence-corrected chi connectivity index (χ1v) is 9.58. The fourth-order valence-corrected chi connectivity index (χ4v) is 5.78. The molecule has 0 spiro atoms. The maximum Gasteiger partial charge on any atom is 0.416 e. The van der Waals surface area contributed by atoms with Crippen LogP contribution in [0.1, 0.15) is 50.5 Å². The Kier molecular flexibility index (Phi) is 4.47. The van der Waals surface area contributed by atoms with Crippen LogP contribution in [0.5, 0.6) is 0 Å². The smallest absolute Gasteiger partial charge is 0.385 e. The Bertz CT molecular complexity index is 559. The lowest BCUT2D eigenvalue weighted by atomic mass is 9.53. The predicted octanol–water partition coefficient (Wildman–Crippen LogP) is 5.07. The summed E-state index contributed by atoms with van der Waals surface area (Å²) in [5.74, 6) is 2.84. The Morgan fingerprint density at radius 3 is 1.96 bits per heavy atom. The van der Waals surface area contributed by atoms with Crippen molar-refractivity contribution in [2.75, 3.05) is 18.4 Å². The summed E-state index contributed by atoms with van der Waals surface area (Å²) in [6.07, 6.45) is 5.15. The molecule has 0 amide bonds. The van der Waals surface area contributed by atoms with Crippen LogP contribution in [0, 0.1) is 17.8 Å². The minimum Gasteiger partial charge on any atom is -0.385 e. The van der Waals surface area contributed by atoms with E-state index in [1.807, 2.05) is 0 Å². The lowest BCUT2D eigenvalue weighted by Crippen LogP contribution is -2.58. The highest BCUT2D eigenvalue weighted by Gasteiger charge is 2.50. The molecule has 4 bridgehead atoms. The summed E-state index contributed by atoms with van der Waals surface area (Å²) in [7, 11) is 0. The van der Waals surface area contributed by atoms with Crippen LogP contribution in [0.2, 0.25) is 0 Å². The molecule has 2 nitrogen and oxygen atoms in total. The predicted molar refractivity (Wildman–Crippen MR) is 93.5 cm³/mol. The van der Waals surface area contributed by atoms with Crippen molar-refractivity contribution < 1.29 is 13.2 Å². The molecule has 4 saturated carbocycles. The zero-order chi connectivity index (χ0) is 17.5. The first-order valence-electron chi connectivity index (χ1n) is 9.58. The average Bonchev–Trinajstić information content (AvgIpc) is 2.53. The molecule has 1 aromatic carbocycles. The average molecular weight is 352 g/mol. The molecule has 0 unspecified atom stereocenters. The van der Waals surface area contributed by atoms with E-state index < -0.39 is 11.7 Å². The molecule has 4 aliphatic rings. The minimum atomic E-state index is -4.26. The van der Waals surface area contributed by atoms with Gasteiger partial charge in [-0.15, -0.1) is 0 Å². The number of rotatable bonds is 6. The highest BCUT2D eigenvalue weighted by Crippen LogP contribution is 2.55. The van der Waals surface area contributed by atoms with Gasteiger partial charge in [0.15, 0.2) is 0 Å². The molecular weight excluding hydrogens is 325 g/mol. The largest absolute Gasteiger partial charge is 0.416 e. The van der Waals surface area contributed by atoms with Crippen molar-refractivity contribution in [3.05, 3.63) is 29.8 Å². The molecule has 0 heterocycles. The molecule has 4 fully saturated rings. The van der Waals surface area contributed by atoms with Crippen LogP contribution in [0.3, 0.4) is 0 Å². The van der Waals surface area contributed by atoms with Crippen LogP contribution in [0.25, 0.3) is 0 Å². The number of nitrogens with one attached hydrogen (secondary N) is 2. The van der Waals surface area contributed by atoms with Crippen LogP contribution in [0.4, 0.5) is 18.9 Å². The summed E-state index contributed by atoms with van der Waals surface area (Å²) in [5, 5.41) is 7.08. The number of alkyl halides is 3. The molecule has 0 atom stereocenters. The van der Waals surface area contributed by atoms with E-state index in [2.05, 4.69) is 10.6 Å². The second-order valence-electron chi connectivity index (χ2n) is 8.48. The minimum absolute atomic E-state index is 0.392. The van der Waals surface area contributed by atoms with Gasteiger partial charge in [0.05, 0.1) is 5.56 Å². The van der Waals surface area contributed by atoms with Crippen molar-refractivity contribution in [3.8, 4) is 0 Å². The Balaban J connectivity index is 1.20. The third-order valence-electron chi connectivity index (χ3n) is 6.43. The van der Waals surface area contributed by atoms with E-state index in [1.165, 1.54) is 50.7 Å². The fraction of sp³-hybridized carbons (Fsp3) is 0.700. The monoisotopic (exact) mass is 352 g/mol. The van der Waals surface area contributed by atoms with E-state index in [9.17, 15) is 13.2 Å². The van der Waals surface area contributed by atoms with Crippen LogP contribution in [0.15, 0.2) is 24.3 Å². The molecule has 5 rings (SSSR count). The summed E-state index contributed by atoms with van der Waals surface area (Å²) in [4.78, 5) is 0. The number of anilines is 1. The number of benzene rings is 1. The van der Waals surface area contributed by atoms with Gasteiger partial charge in [0.2, 0.25) is 0 Å². The van der Waals surface area contributed by atoms with Gasteiger partial charge in [0, 0.05) is 17.8 Å². The van der Waals surface area contributed by atoms with E-state index in [0.717, 1.165) is 55.1 Å². The molecule has 4 aliphatic carbocycles. The van der Waals surface area contributed by atoms with Gasteiger partial charge < -0.3 is 10.6 Å². The second kappa shape index (κ2) is 6.49. The molecule has 138 valence electrons. The maximum atomic E-state index is 12.6. The molecule has 0 aliphatic heterocycles. The van der Waals surface area contributed by atoms with Crippen LogP contribution >= 0.6 is 0 Å². The molecule has 0 radical (unpaired) electrons. The Labute approximate surface area is 147 Å². The van der Waals surface area contributed by atoms with Crippen molar-refractivity contribution in [1.82, 2.24) is 5.32 Å². The first-order chi connectivity index (χ1) is 11.9. The second-order valence-corrected chi connectivity index (χ2v) is 8.48. The molecule has 0 saturated heterocycles. The van der Waals surface area contributed by atoms with Gasteiger partial charge in [0.1, 0.15) is 0 Å². The Morgan fingerprint density at radius 2 is 1.44 bits per heavy atom. The first kappa shape index (κ1) is 17.2. The van der Waals surface area contributed by atoms with Crippen LogP contribution in [-0.4, -0.2) is 18.6 Å². The van der Waals surface area contributed by atoms with E-state index in [-0.39, 0.29) is 0 Å². The van der Waals surface area contributed by atoms with Crippen molar-refractivity contribution in [1.29, 1.82) is 0 Å². The zero-order valence-corrected chi connectivity index (χ0v) is 14.5. The molecule has 2 N–H and O–H groups in total. The summed E-state index contributed by atoms with van der Waals surface area (Å²) in [6.45, 7) is 1.77. The summed E-state index contributed by atoms with van der Waals surface area (Å²) in [5.41, 5.74) is 0.549. The van der Waals surface area contributed by atoms with E-state index in [0.29, 0.717) is 5.54 Å². The van der Waals surface area contributed by atoms with Gasteiger partial charge in [-0.1, -0.05) is 0 Å². The van der Waals surface area contributed by atoms with Crippen molar-refractivity contribution in [2.45, 2.75) is 56.7 Å². The summed E-state index contributed by atoms with van der Waals surface area (Å²) >= 11 is 0. The maximum absolute atomic E-state index is 12.6. The van der Waals surface area contributed by atoms with E-state index in [1.54, 1.807) is 0 Å². The van der Waals surface area contributed by atoms with Crippen molar-refractivity contribution in [3.63, 3.8) is 0 Å². The van der Waals surface area contributed by atoms with Gasteiger partial charge in [-0.05, 0) is 93.5 Å². The lowest BCUT2D eigenvalue weighted by Gasteiger charge is -2.57. The Hall–Kier alpha value is -1.23. The van der Waals surface area contributed by atoms with Gasteiger partial charge >= 0.3 is 6.18 Å². The fourth-order valence-electron chi connectivity index (χ4n) is 5.78. The highest BCUT2D eigenvalue weighted by molar-refractivity contribution is 5.45. The zero-order valence-electron chi connectivity index (χ0n) is 14.5. The summed E-state index contributed by atoms with van der Waals surface area (Å²) in [6, 6.07) is 5.29. The van der Waals surface area contributed by atoms with Crippen LogP contribution < -0.4 is 10.6 Å². The molecular formula is C20H27F3N2. The van der Waals surface area contributed by atoms with E-state index >= 15 is 0 Å². The molecule has 5 heteroatoms. The third kappa shape index (κ3) is 3.81.